The Morgan fingerprint density at radius 3 is 2.75 bits per heavy atom. The number of carbonyl (C=O) groups excluding carboxylic acids is 1. The van der Waals surface area contributed by atoms with Crippen molar-refractivity contribution >= 4 is 17.9 Å². The summed E-state index contributed by atoms with van der Waals surface area (Å²) in [7, 11) is 0. The zero-order valence-electron chi connectivity index (χ0n) is 12.6. The Kier molecular flexibility index (Phi) is 3.44. The second-order valence-corrected chi connectivity index (χ2v) is 5.70. The summed E-state index contributed by atoms with van der Waals surface area (Å²) in [6, 6.07) is 3.31. The Labute approximate surface area is 135 Å². The Balaban J connectivity index is 1.75. The molecule has 0 unspecified atom stereocenters. The van der Waals surface area contributed by atoms with E-state index < -0.39 is 11.6 Å². The highest BCUT2D eigenvalue weighted by atomic mass is 19.1. The highest BCUT2D eigenvalue weighted by Crippen LogP contribution is 2.35. The van der Waals surface area contributed by atoms with Crippen LogP contribution < -0.4 is 4.90 Å². The molecule has 1 aliphatic rings. The first kappa shape index (κ1) is 14.7. The van der Waals surface area contributed by atoms with Crippen molar-refractivity contribution in [3.63, 3.8) is 0 Å². The Hall–Kier alpha value is -2.90. The van der Waals surface area contributed by atoms with E-state index in [0.717, 1.165) is 18.9 Å². The summed E-state index contributed by atoms with van der Waals surface area (Å²) in [4.78, 5) is 21.6. The van der Waals surface area contributed by atoms with Gasteiger partial charge in [-0.3, -0.25) is 4.79 Å². The number of carbonyl (C=O) groups is 1. The van der Waals surface area contributed by atoms with Crippen LogP contribution in [-0.4, -0.2) is 32.4 Å². The molecular formula is C16H13F2N5O. The summed E-state index contributed by atoms with van der Waals surface area (Å²) in [5.74, 6) is -0.794. The van der Waals surface area contributed by atoms with Gasteiger partial charge in [0, 0.05) is 12.6 Å². The van der Waals surface area contributed by atoms with E-state index in [1.807, 2.05) is 4.90 Å². The number of halogens is 2. The number of hydrogen-bond acceptors (Lipinski definition) is 5. The molecule has 1 aliphatic heterocycles. The van der Waals surface area contributed by atoms with E-state index in [-0.39, 0.29) is 6.04 Å². The van der Waals surface area contributed by atoms with E-state index in [4.69, 9.17) is 0 Å². The minimum atomic E-state index is -0.604. The number of fused-ring (bicyclic) bond motifs is 1. The molecule has 1 atom stereocenters. The Morgan fingerprint density at radius 2 is 2.00 bits per heavy atom. The van der Waals surface area contributed by atoms with E-state index in [2.05, 4.69) is 15.1 Å². The number of rotatable bonds is 3. The average Bonchev–Trinajstić information content (AvgIpc) is 3.20. The molecule has 0 N–H and O–H groups in total. The van der Waals surface area contributed by atoms with Crippen LogP contribution in [0, 0.1) is 11.6 Å². The maximum Gasteiger partial charge on any atom is 0.229 e. The second kappa shape index (κ2) is 5.63. The number of aldehydes is 1. The van der Waals surface area contributed by atoms with Gasteiger partial charge in [-0.15, -0.1) is 0 Å². The van der Waals surface area contributed by atoms with Gasteiger partial charge in [0.2, 0.25) is 5.95 Å². The van der Waals surface area contributed by atoms with Crippen molar-refractivity contribution in [3.8, 4) is 0 Å². The second-order valence-electron chi connectivity index (χ2n) is 5.70. The minimum absolute atomic E-state index is 0.208. The molecule has 0 aliphatic carbocycles. The van der Waals surface area contributed by atoms with E-state index in [1.54, 1.807) is 0 Å². The van der Waals surface area contributed by atoms with Gasteiger partial charge in [0.05, 0.1) is 17.8 Å². The van der Waals surface area contributed by atoms with Crippen LogP contribution in [0.4, 0.5) is 14.7 Å². The maximum atomic E-state index is 13.5. The molecule has 0 bridgehead atoms. The molecule has 2 aromatic heterocycles. The van der Waals surface area contributed by atoms with E-state index in [0.29, 0.717) is 35.6 Å². The summed E-state index contributed by atoms with van der Waals surface area (Å²) in [5.41, 5.74) is 1.33. The van der Waals surface area contributed by atoms with Crippen LogP contribution in [0.1, 0.15) is 34.8 Å². The molecule has 0 spiro atoms. The predicted octanol–water partition coefficient (Wildman–Crippen LogP) is 2.56. The minimum Gasteiger partial charge on any atom is -0.334 e. The van der Waals surface area contributed by atoms with Gasteiger partial charge >= 0.3 is 0 Å². The SMILES string of the molecule is O=Cc1cnn2cnc(N3CCC[C@@H]3c3cc(F)cc(F)c3)nc12. The first-order valence-electron chi connectivity index (χ1n) is 7.54. The molecule has 8 heteroatoms. The normalized spacial score (nSPS) is 17.6. The van der Waals surface area contributed by atoms with Crippen molar-refractivity contribution in [1.29, 1.82) is 0 Å². The fourth-order valence-electron chi connectivity index (χ4n) is 3.14. The molecule has 6 nitrogen and oxygen atoms in total. The van der Waals surface area contributed by atoms with Crippen LogP contribution in [0.25, 0.3) is 5.65 Å². The zero-order valence-corrected chi connectivity index (χ0v) is 12.6. The fraction of sp³-hybridized carbons (Fsp3) is 0.250. The smallest absolute Gasteiger partial charge is 0.229 e. The van der Waals surface area contributed by atoms with Crippen LogP contribution in [0.15, 0.2) is 30.7 Å². The molecule has 0 radical (unpaired) electrons. The van der Waals surface area contributed by atoms with Gasteiger partial charge in [-0.1, -0.05) is 0 Å². The first-order valence-corrected chi connectivity index (χ1v) is 7.54. The fourth-order valence-corrected chi connectivity index (χ4v) is 3.14. The number of benzene rings is 1. The lowest BCUT2D eigenvalue weighted by atomic mass is 10.0. The molecule has 1 saturated heterocycles. The third kappa shape index (κ3) is 2.40. The highest BCUT2D eigenvalue weighted by molar-refractivity contribution is 5.83. The molecule has 3 aromatic rings. The van der Waals surface area contributed by atoms with Crippen molar-refractivity contribution in [3.05, 3.63) is 53.5 Å². The molecular weight excluding hydrogens is 316 g/mol. The predicted molar refractivity (Wildman–Crippen MR) is 81.8 cm³/mol. The number of anilines is 1. The maximum absolute atomic E-state index is 13.5. The monoisotopic (exact) mass is 329 g/mol. The molecule has 4 rings (SSSR count). The largest absolute Gasteiger partial charge is 0.334 e. The quantitative estimate of drug-likeness (QED) is 0.691. The Morgan fingerprint density at radius 1 is 1.21 bits per heavy atom. The molecule has 0 amide bonds. The van der Waals surface area contributed by atoms with Crippen LogP contribution in [0.5, 0.6) is 0 Å². The lowest BCUT2D eigenvalue weighted by molar-refractivity contribution is 0.112. The lowest BCUT2D eigenvalue weighted by Gasteiger charge is -2.25. The molecule has 3 heterocycles. The Bertz CT molecular complexity index is 906. The van der Waals surface area contributed by atoms with Gasteiger partial charge in [-0.25, -0.2) is 18.3 Å². The highest BCUT2D eigenvalue weighted by Gasteiger charge is 2.29. The van der Waals surface area contributed by atoms with E-state index >= 15 is 0 Å². The summed E-state index contributed by atoms with van der Waals surface area (Å²) >= 11 is 0. The van der Waals surface area contributed by atoms with E-state index in [1.165, 1.54) is 29.2 Å². The van der Waals surface area contributed by atoms with Gasteiger partial charge < -0.3 is 4.90 Å². The van der Waals surface area contributed by atoms with Gasteiger partial charge in [0.15, 0.2) is 11.9 Å². The summed E-state index contributed by atoms with van der Waals surface area (Å²) in [6.07, 6.45) is 5.19. The van der Waals surface area contributed by atoms with Crippen molar-refractivity contribution in [2.75, 3.05) is 11.4 Å². The van der Waals surface area contributed by atoms with Crippen LogP contribution in [0.2, 0.25) is 0 Å². The van der Waals surface area contributed by atoms with Crippen LogP contribution in [0.3, 0.4) is 0 Å². The van der Waals surface area contributed by atoms with E-state index in [9.17, 15) is 13.6 Å². The van der Waals surface area contributed by atoms with Crippen molar-refractivity contribution in [1.82, 2.24) is 19.6 Å². The third-order valence-electron chi connectivity index (χ3n) is 4.19. The molecule has 1 fully saturated rings. The number of hydrogen-bond donors (Lipinski definition) is 0. The van der Waals surface area contributed by atoms with Crippen LogP contribution in [-0.2, 0) is 0 Å². The topological polar surface area (TPSA) is 63.4 Å². The molecule has 1 aromatic carbocycles. The van der Waals surface area contributed by atoms with Gasteiger partial charge in [-0.2, -0.15) is 10.1 Å². The average molecular weight is 329 g/mol. The first-order chi connectivity index (χ1) is 11.7. The standard InChI is InChI=1S/C16H13F2N5O/c17-12-4-10(5-13(18)6-12)14-2-1-3-22(14)16-19-9-23-15(21-16)11(8-24)7-20-23/h4-9,14H,1-3H2/t14-/m1/s1. The lowest BCUT2D eigenvalue weighted by Crippen LogP contribution is -2.25. The summed E-state index contributed by atoms with van der Waals surface area (Å²) < 4.78 is 28.5. The summed E-state index contributed by atoms with van der Waals surface area (Å²) in [6.45, 7) is 0.670. The molecule has 24 heavy (non-hydrogen) atoms. The van der Waals surface area contributed by atoms with Crippen molar-refractivity contribution in [2.24, 2.45) is 0 Å². The van der Waals surface area contributed by atoms with Crippen LogP contribution >= 0.6 is 0 Å². The van der Waals surface area contributed by atoms with Gasteiger partial charge in [0.25, 0.3) is 0 Å². The molecule has 0 saturated carbocycles. The third-order valence-corrected chi connectivity index (χ3v) is 4.19. The van der Waals surface area contributed by atoms with Crippen molar-refractivity contribution < 1.29 is 13.6 Å². The van der Waals surface area contributed by atoms with Crippen molar-refractivity contribution in [2.45, 2.75) is 18.9 Å². The van der Waals surface area contributed by atoms with Gasteiger partial charge in [-0.05, 0) is 30.5 Å². The summed E-state index contributed by atoms with van der Waals surface area (Å²) in [5, 5.41) is 4.00. The molecule has 122 valence electrons. The number of aromatic nitrogens is 4. The van der Waals surface area contributed by atoms with Gasteiger partial charge in [0.1, 0.15) is 18.0 Å². The zero-order chi connectivity index (χ0) is 16.7. The number of nitrogens with zero attached hydrogens (tertiary/aromatic N) is 5.